The Kier molecular flexibility index (Phi) is 2.31. The molecule has 2 N–H and O–H groups in total. The van der Waals surface area contributed by atoms with Crippen molar-refractivity contribution in [2.45, 2.75) is 37.9 Å². The first kappa shape index (κ1) is 10.9. The number of alkyl halides is 3. The minimum atomic E-state index is -4.38. The Bertz CT molecular complexity index is 379. The van der Waals surface area contributed by atoms with Crippen LogP contribution in [0.3, 0.4) is 0 Å². The first-order valence-corrected chi connectivity index (χ1v) is 5.46. The zero-order valence-electron chi connectivity index (χ0n) is 8.19. The highest BCUT2D eigenvalue weighted by Crippen LogP contribution is 2.50. The van der Waals surface area contributed by atoms with Crippen LogP contribution in [0.5, 0.6) is 0 Å². The molecule has 1 fully saturated rings. The van der Waals surface area contributed by atoms with Crippen LogP contribution in [0.4, 0.5) is 13.2 Å². The summed E-state index contributed by atoms with van der Waals surface area (Å²) in [5.74, 6) is 0. The van der Waals surface area contributed by atoms with E-state index in [4.69, 9.17) is 5.73 Å². The van der Waals surface area contributed by atoms with Crippen LogP contribution in [-0.2, 0) is 18.1 Å². The zero-order chi connectivity index (χ0) is 11.3. The van der Waals surface area contributed by atoms with Crippen molar-refractivity contribution < 1.29 is 13.2 Å². The van der Waals surface area contributed by atoms with Gasteiger partial charge in [-0.25, -0.2) is 4.98 Å². The van der Waals surface area contributed by atoms with Crippen LogP contribution in [0.25, 0.3) is 0 Å². The number of nitrogens with two attached hydrogens (primary N) is 1. The van der Waals surface area contributed by atoms with Crippen molar-refractivity contribution in [2.75, 3.05) is 0 Å². The van der Waals surface area contributed by atoms with Crippen molar-refractivity contribution in [3.63, 3.8) is 0 Å². The minimum absolute atomic E-state index is 0.0947. The summed E-state index contributed by atoms with van der Waals surface area (Å²) in [6.07, 6.45) is -2.54. The van der Waals surface area contributed by atoms with Crippen molar-refractivity contribution in [3.8, 4) is 0 Å². The van der Waals surface area contributed by atoms with Crippen molar-refractivity contribution in [1.29, 1.82) is 0 Å². The number of rotatable bonds is 2. The van der Waals surface area contributed by atoms with Gasteiger partial charge >= 0.3 is 6.18 Å². The Hall–Kier alpha value is -0.620. The number of nitrogens with zero attached hydrogens (tertiary/aromatic N) is 1. The normalized spacial score (nSPS) is 19.3. The van der Waals surface area contributed by atoms with Crippen LogP contribution >= 0.6 is 11.3 Å². The van der Waals surface area contributed by atoms with Crippen molar-refractivity contribution >= 4 is 11.3 Å². The van der Waals surface area contributed by atoms with Gasteiger partial charge in [0.05, 0.1) is 9.88 Å². The SMILES string of the molecule is CC1(c2nc(C(F)(F)F)c(CN)s2)CC1. The quantitative estimate of drug-likeness (QED) is 0.857. The molecular formula is C9H11F3N2S. The molecule has 0 atom stereocenters. The molecule has 15 heavy (non-hydrogen) atoms. The fraction of sp³-hybridized carbons (Fsp3) is 0.667. The number of hydrogen-bond acceptors (Lipinski definition) is 3. The zero-order valence-corrected chi connectivity index (χ0v) is 9.00. The highest BCUT2D eigenvalue weighted by Gasteiger charge is 2.45. The van der Waals surface area contributed by atoms with E-state index < -0.39 is 11.9 Å². The summed E-state index contributed by atoms with van der Waals surface area (Å²) >= 11 is 1.10. The molecule has 1 aromatic rings. The Morgan fingerprint density at radius 1 is 1.47 bits per heavy atom. The molecule has 1 aromatic heterocycles. The summed E-state index contributed by atoms with van der Waals surface area (Å²) in [5.41, 5.74) is 4.37. The molecule has 0 saturated heterocycles. The molecule has 0 aromatic carbocycles. The summed E-state index contributed by atoms with van der Waals surface area (Å²) in [7, 11) is 0. The topological polar surface area (TPSA) is 38.9 Å². The third kappa shape index (κ3) is 1.88. The molecule has 1 saturated carbocycles. The summed E-state index contributed by atoms with van der Waals surface area (Å²) < 4.78 is 37.6. The van der Waals surface area contributed by atoms with Crippen LogP contribution in [0, 0.1) is 0 Å². The Morgan fingerprint density at radius 2 is 2.07 bits per heavy atom. The smallest absolute Gasteiger partial charge is 0.326 e. The maximum Gasteiger partial charge on any atom is 0.434 e. The van der Waals surface area contributed by atoms with Gasteiger partial charge in [0.2, 0.25) is 0 Å². The molecule has 2 nitrogen and oxygen atoms in total. The molecule has 0 amide bonds. The van der Waals surface area contributed by atoms with Gasteiger partial charge in [-0.2, -0.15) is 13.2 Å². The molecule has 2 rings (SSSR count). The predicted octanol–water partition coefficient (Wildman–Crippen LogP) is 2.67. The third-order valence-corrected chi connectivity index (χ3v) is 4.05. The second kappa shape index (κ2) is 3.18. The average Bonchev–Trinajstić information content (AvgIpc) is 2.73. The van der Waals surface area contributed by atoms with Crippen LogP contribution in [0.15, 0.2) is 0 Å². The standard InChI is InChI=1S/C9H11F3N2S/c1-8(2-3-8)7-14-6(9(10,11)12)5(4-13)15-7/h2-4,13H2,1H3. The summed E-state index contributed by atoms with van der Waals surface area (Å²) in [6, 6.07) is 0. The molecule has 0 aliphatic heterocycles. The van der Waals surface area contributed by atoms with Gasteiger partial charge in [-0.05, 0) is 12.8 Å². The molecular weight excluding hydrogens is 225 g/mol. The van der Waals surface area contributed by atoms with Gasteiger partial charge in [-0.1, -0.05) is 6.92 Å². The van der Waals surface area contributed by atoms with Crippen LogP contribution < -0.4 is 5.73 Å². The first-order chi connectivity index (χ1) is 6.87. The Balaban J connectivity index is 2.42. The molecule has 0 bridgehead atoms. The maximum atomic E-state index is 12.5. The van der Waals surface area contributed by atoms with Crippen LogP contribution in [0.1, 0.15) is 35.3 Å². The van der Waals surface area contributed by atoms with Gasteiger partial charge in [0.1, 0.15) is 0 Å². The van der Waals surface area contributed by atoms with E-state index in [9.17, 15) is 13.2 Å². The number of thiazole rings is 1. The second-order valence-electron chi connectivity index (χ2n) is 4.05. The summed E-state index contributed by atoms with van der Waals surface area (Å²) in [6.45, 7) is 1.84. The number of aromatic nitrogens is 1. The molecule has 1 heterocycles. The monoisotopic (exact) mass is 236 g/mol. The fourth-order valence-corrected chi connectivity index (χ4v) is 2.53. The van der Waals surface area contributed by atoms with Crippen molar-refractivity contribution in [2.24, 2.45) is 5.73 Å². The van der Waals surface area contributed by atoms with Crippen LogP contribution in [0.2, 0.25) is 0 Å². The first-order valence-electron chi connectivity index (χ1n) is 4.64. The molecule has 1 aliphatic rings. The van der Waals surface area contributed by atoms with E-state index in [1.165, 1.54) is 0 Å². The van der Waals surface area contributed by atoms with E-state index in [1.807, 2.05) is 6.92 Å². The lowest BCUT2D eigenvalue weighted by molar-refractivity contribution is -0.141. The van der Waals surface area contributed by atoms with Crippen molar-refractivity contribution in [1.82, 2.24) is 4.98 Å². The minimum Gasteiger partial charge on any atom is -0.326 e. The average molecular weight is 236 g/mol. The molecule has 1 aliphatic carbocycles. The Morgan fingerprint density at radius 3 is 2.40 bits per heavy atom. The second-order valence-corrected chi connectivity index (χ2v) is 5.14. The van der Waals surface area contributed by atoms with E-state index in [0.717, 1.165) is 24.2 Å². The molecule has 6 heteroatoms. The Labute approximate surface area is 89.3 Å². The van der Waals surface area contributed by atoms with Crippen LogP contribution in [-0.4, -0.2) is 4.98 Å². The predicted molar refractivity (Wildman–Crippen MR) is 51.6 cm³/mol. The lowest BCUT2D eigenvalue weighted by atomic mass is 10.2. The summed E-state index contributed by atoms with van der Waals surface area (Å²) in [5, 5.41) is 0.579. The number of hydrogen-bond donors (Lipinski definition) is 1. The number of halogens is 3. The molecule has 0 unspecified atom stereocenters. The lowest BCUT2D eigenvalue weighted by Gasteiger charge is -2.04. The highest BCUT2D eigenvalue weighted by molar-refractivity contribution is 7.12. The van der Waals surface area contributed by atoms with E-state index in [0.29, 0.717) is 5.01 Å². The van der Waals surface area contributed by atoms with Gasteiger partial charge in [-0.3, -0.25) is 0 Å². The van der Waals surface area contributed by atoms with E-state index in [-0.39, 0.29) is 16.8 Å². The van der Waals surface area contributed by atoms with Gasteiger partial charge < -0.3 is 5.73 Å². The van der Waals surface area contributed by atoms with Gasteiger partial charge in [0.15, 0.2) is 5.69 Å². The molecule has 0 spiro atoms. The largest absolute Gasteiger partial charge is 0.434 e. The van der Waals surface area contributed by atoms with Crippen molar-refractivity contribution in [3.05, 3.63) is 15.6 Å². The van der Waals surface area contributed by atoms with Gasteiger partial charge in [-0.15, -0.1) is 11.3 Å². The summed E-state index contributed by atoms with van der Waals surface area (Å²) in [4.78, 5) is 3.84. The van der Waals surface area contributed by atoms with E-state index in [2.05, 4.69) is 4.98 Å². The van der Waals surface area contributed by atoms with Gasteiger partial charge in [0, 0.05) is 12.0 Å². The van der Waals surface area contributed by atoms with E-state index >= 15 is 0 Å². The fourth-order valence-electron chi connectivity index (χ4n) is 1.37. The lowest BCUT2D eigenvalue weighted by Crippen LogP contribution is -2.11. The highest BCUT2D eigenvalue weighted by atomic mass is 32.1. The third-order valence-electron chi connectivity index (χ3n) is 2.67. The maximum absolute atomic E-state index is 12.5. The molecule has 0 radical (unpaired) electrons. The van der Waals surface area contributed by atoms with E-state index in [1.54, 1.807) is 0 Å². The molecule has 84 valence electrons. The van der Waals surface area contributed by atoms with Gasteiger partial charge in [0.25, 0.3) is 0 Å².